The second-order valence-electron chi connectivity index (χ2n) is 10.0. The Hall–Kier alpha value is -4.60. The number of hydrogen-bond acceptors (Lipinski definition) is 7. The molecule has 0 bridgehead atoms. The molecule has 0 aromatic heterocycles. The van der Waals surface area contributed by atoms with Crippen LogP contribution in [0.5, 0.6) is 5.75 Å². The summed E-state index contributed by atoms with van der Waals surface area (Å²) in [6, 6.07) is 23.8. The van der Waals surface area contributed by atoms with Crippen molar-refractivity contribution >= 4 is 17.5 Å². The van der Waals surface area contributed by atoms with Crippen LogP contribution in [0.1, 0.15) is 34.3 Å². The fourth-order valence-electron chi connectivity index (χ4n) is 5.11. The van der Waals surface area contributed by atoms with E-state index in [1.807, 2.05) is 59.5 Å². The van der Waals surface area contributed by atoms with E-state index in [1.165, 1.54) is 0 Å². The van der Waals surface area contributed by atoms with Crippen molar-refractivity contribution in [3.8, 4) is 5.75 Å². The molecule has 10 nitrogen and oxygen atoms in total. The Kier molecular flexibility index (Phi) is 8.14. The first-order valence-electron chi connectivity index (χ1n) is 13.3. The average Bonchev–Trinajstić information content (AvgIpc) is 3.84. The first-order valence-corrected chi connectivity index (χ1v) is 13.3. The van der Waals surface area contributed by atoms with Crippen molar-refractivity contribution in [2.24, 2.45) is 0 Å². The lowest BCUT2D eigenvalue weighted by molar-refractivity contribution is -0.763. The van der Waals surface area contributed by atoms with Gasteiger partial charge in [-0.15, -0.1) is 10.1 Å². The molecule has 0 unspecified atom stereocenters. The summed E-state index contributed by atoms with van der Waals surface area (Å²) in [5.74, 6) is 0.494. The Balaban J connectivity index is 1.40. The number of hydrogen-bond donors (Lipinski definition) is 0. The summed E-state index contributed by atoms with van der Waals surface area (Å²) in [5.41, 5.74) is 2.88. The number of ether oxygens (including phenoxy) is 1. The van der Waals surface area contributed by atoms with E-state index in [0.717, 1.165) is 29.8 Å². The van der Waals surface area contributed by atoms with E-state index in [0.29, 0.717) is 30.8 Å². The summed E-state index contributed by atoms with van der Waals surface area (Å²) >= 11 is 0. The lowest BCUT2D eigenvalue weighted by Gasteiger charge is -2.43. The highest BCUT2D eigenvalue weighted by Gasteiger charge is 2.41. The zero-order valence-corrected chi connectivity index (χ0v) is 22.3. The monoisotopic (exact) mass is 544 g/mol. The van der Waals surface area contributed by atoms with Gasteiger partial charge in [0.15, 0.2) is 0 Å². The molecule has 0 spiro atoms. The van der Waals surface area contributed by atoms with Crippen molar-refractivity contribution < 1.29 is 24.3 Å². The fourth-order valence-corrected chi connectivity index (χ4v) is 5.11. The molecule has 0 N–H and O–H groups in total. The van der Waals surface area contributed by atoms with Gasteiger partial charge in [-0.2, -0.15) is 0 Å². The summed E-state index contributed by atoms with van der Waals surface area (Å²) in [6.45, 7) is 1.40. The summed E-state index contributed by atoms with van der Waals surface area (Å²) in [5, 5.41) is 9.75. The van der Waals surface area contributed by atoms with Gasteiger partial charge >= 0.3 is 0 Å². The van der Waals surface area contributed by atoms with Crippen LogP contribution in [0.2, 0.25) is 0 Å². The highest BCUT2D eigenvalue weighted by molar-refractivity contribution is 5.96. The minimum absolute atomic E-state index is 0.00666. The molecule has 3 aromatic carbocycles. The highest BCUT2D eigenvalue weighted by atomic mass is 16.9. The minimum atomic E-state index is -0.857. The minimum Gasteiger partial charge on any atom is -0.497 e. The Morgan fingerprint density at radius 3 is 2.38 bits per heavy atom. The fraction of sp³-hybridized carbons (Fsp3) is 0.333. The van der Waals surface area contributed by atoms with Crippen LogP contribution in [0.15, 0.2) is 78.9 Å². The quantitative estimate of drug-likeness (QED) is 0.281. The molecule has 1 aliphatic carbocycles. The van der Waals surface area contributed by atoms with Crippen LogP contribution in [-0.4, -0.2) is 65.5 Å². The first kappa shape index (κ1) is 27.0. The van der Waals surface area contributed by atoms with Gasteiger partial charge < -0.3 is 24.3 Å². The molecule has 1 atom stereocenters. The summed E-state index contributed by atoms with van der Waals surface area (Å²) < 4.78 is 5.32. The third-order valence-corrected chi connectivity index (χ3v) is 7.33. The number of rotatable bonds is 10. The second kappa shape index (κ2) is 12.1. The molecule has 5 rings (SSSR count). The number of carbonyl (C=O) groups is 2. The maximum Gasteiger partial charge on any atom is 0.294 e. The van der Waals surface area contributed by atoms with Gasteiger partial charge in [0.25, 0.3) is 11.0 Å². The number of nitrogens with zero attached hydrogens (tertiary/aromatic N) is 4. The standard InChI is InChI=1S/C30H32N4O6/c1-39-27-14-12-25(13-15-27)32-17-16-31(29(35)24-9-5-8-23(18-24)21-40-34(37)38)20-28(32)30(36)33(26-10-11-26)19-22-6-3-2-4-7-22/h2-9,12-15,18,26,28H,10-11,16-17,19-21H2,1H3/t28-/m1/s1. The van der Waals surface area contributed by atoms with Crippen molar-refractivity contribution in [1.82, 2.24) is 9.80 Å². The third kappa shape index (κ3) is 6.33. The number of anilines is 1. The number of amides is 2. The molecular weight excluding hydrogens is 512 g/mol. The molecule has 0 radical (unpaired) electrons. The van der Waals surface area contributed by atoms with Gasteiger partial charge in [0, 0.05) is 36.9 Å². The molecule has 10 heteroatoms. The molecule has 1 saturated carbocycles. The molecule has 2 amide bonds. The van der Waals surface area contributed by atoms with Crippen LogP contribution in [0.4, 0.5) is 5.69 Å². The molecule has 1 saturated heterocycles. The van der Waals surface area contributed by atoms with Crippen molar-refractivity contribution in [2.75, 3.05) is 31.6 Å². The van der Waals surface area contributed by atoms with E-state index >= 15 is 0 Å². The van der Waals surface area contributed by atoms with E-state index in [2.05, 4.69) is 9.74 Å². The zero-order valence-electron chi connectivity index (χ0n) is 22.3. The van der Waals surface area contributed by atoms with Crippen LogP contribution >= 0.6 is 0 Å². The van der Waals surface area contributed by atoms with Crippen LogP contribution < -0.4 is 9.64 Å². The molecule has 40 heavy (non-hydrogen) atoms. The van der Waals surface area contributed by atoms with Gasteiger partial charge in [0.2, 0.25) is 5.91 Å². The normalized spacial score (nSPS) is 16.8. The van der Waals surface area contributed by atoms with Crippen molar-refractivity contribution in [3.05, 3.63) is 106 Å². The molecular formula is C30H32N4O6. The van der Waals surface area contributed by atoms with Crippen LogP contribution in [0, 0.1) is 10.1 Å². The van der Waals surface area contributed by atoms with Gasteiger partial charge in [0.05, 0.1) is 13.7 Å². The lowest BCUT2D eigenvalue weighted by Crippen LogP contribution is -2.61. The Labute approximate surface area is 232 Å². The molecule has 2 aliphatic rings. The summed E-state index contributed by atoms with van der Waals surface area (Å²) in [4.78, 5) is 48.6. The second-order valence-corrected chi connectivity index (χ2v) is 10.0. The zero-order chi connectivity index (χ0) is 28.1. The molecule has 2 fully saturated rings. The first-order chi connectivity index (χ1) is 19.4. The number of piperazine rings is 1. The van der Waals surface area contributed by atoms with Crippen molar-refractivity contribution in [1.29, 1.82) is 0 Å². The number of carbonyl (C=O) groups excluding carboxylic acids is 2. The maximum atomic E-state index is 14.2. The summed E-state index contributed by atoms with van der Waals surface area (Å²) in [6.07, 6.45) is 1.94. The van der Waals surface area contributed by atoms with E-state index in [9.17, 15) is 19.7 Å². The van der Waals surface area contributed by atoms with Crippen molar-refractivity contribution in [3.63, 3.8) is 0 Å². The average molecular weight is 545 g/mol. The van der Waals surface area contributed by atoms with E-state index in [1.54, 1.807) is 36.3 Å². The van der Waals surface area contributed by atoms with E-state index in [4.69, 9.17) is 4.74 Å². The third-order valence-electron chi connectivity index (χ3n) is 7.33. The molecule has 1 aliphatic heterocycles. The summed E-state index contributed by atoms with van der Waals surface area (Å²) in [7, 11) is 1.61. The van der Waals surface area contributed by atoms with Crippen LogP contribution in [0.25, 0.3) is 0 Å². The smallest absolute Gasteiger partial charge is 0.294 e. The number of benzene rings is 3. The predicted octanol–water partition coefficient (Wildman–Crippen LogP) is 3.93. The van der Waals surface area contributed by atoms with Crippen molar-refractivity contribution in [2.45, 2.75) is 38.1 Å². The van der Waals surface area contributed by atoms with Gasteiger partial charge in [-0.3, -0.25) is 9.59 Å². The Bertz CT molecular complexity index is 1350. The number of methoxy groups -OCH3 is 1. The SMILES string of the molecule is COc1ccc(N2CCN(C(=O)c3cccc(CO[N+](=O)[O-])c3)C[C@@H]2C(=O)N(Cc2ccccc2)C2CC2)cc1. The molecule has 3 aromatic rings. The topological polar surface area (TPSA) is 105 Å². The van der Waals surface area contributed by atoms with Gasteiger partial charge in [-0.25, -0.2) is 0 Å². The largest absolute Gasteiger partial charge is 0.497 e. The predicted molar refractivity (Wildman–Crippen MR) is 148 cm³/mol. The van der Waals surface area contributed by atoms with Gasteiger partial charge in [-0.05, 0) is 60.4 Å². The van der Waals surface area contributed by atoms with E-state index < -0.39 is 11.1 Å². The molecule has 1 heterocycles. The van der Waals surface area contributed by atoms with Gasteiger partial charge in [0.1, 0.15) is 18.4 Å². The maximum absolute atomic E-state index is 14.2. The highest BCUT2D eigenvalue weighted by Crippen LogP contribution is 2.32. The lowest BCUT2D eigenvalue weighted by atomic mass is 10.0. The van der Waals surface area contributed by atoms with E-state index in [-0.39, 0.29) is 31.0 Å². The Morgan fingerprint density at radius 1 is 0.975 bits per heavy atom. The van der Waals surface area contributed by atoms with Crippen LogP contribution in [-0.2, 0) is 22.8 Å². The Morgan fingerprint density at radius 2 is 1.70 bits per heavy atom. The van der Waals surface area contributed by atoms with Gasteiger partial charge in [-0.1, -0.05) is 42.5 Å². The molecule has 208 valence electrons. The van der Waals surface area contributed by atoms with Crippen LogP contribution in [0.3, 0.4) is 0 Å².